The molecular formula is C25H26N2O2S. The van der Waals surface area contributed by atoms with E-state index in [4.69, 9.17) is 0 Å². The van der Waals surface area contributed by atoms with Crippen molar-refractivity contribution in [1.29, 1.82) is 0 Å². The minimum atomic E-state index is -0.0417. The van der Waals surface area contributed by atoms with Crippen molar-refractivity contribution in [2.24, 2.45) is 0 Å². The number of fused-ring (bicyclic) bond motifs is 1. The number of anilines is 1. The number of nitrogens with one attached hydrogen (secondary N) is 1. The summed E-state index contributed by atoms with van der Waals surface area (Å²) in [4.78, 5) is 29.1. The second-order valence-corrected chi connectivity index (χ2v) is 8.89. The number of nitrogens with zero attached hydrogens (tertiary/aromatic N) is 1. The summed E-state index contributed by atoms with van der Waals surface area (Å²) in [5.74, 6) is 0.113. The van der Waals surface area contributed by atoms with Crippen molar-refractivity contribution in [1.82, 2.24) is 4.90 Å². The molecule has 1 aromatic heterocycles. The van der Waals surface area contributed by atoms with Crippen molar-refractivity contribution in [2.75, 3.05) is 11.9 Å². The molecule has 1 N–H and O–H groups in total. The van der Waals surface area contributed by atoms with Gasteiger partial charge in [0.1, 0.15) is 0 Å². The first-order valence-corrected chi connectivity index (χ1v) is 11.2. The molecule has 0 fully saturated rings. The van der Waals surface area contributed by atoms with E-state index in [2.05, 4.69) is 23.7 Å². The summed E-state index contributed by atoms with van der Waals surface area (Å²) < 4.78 is 0. The molecule has 30 heavy (non-hydrogen) atoms. The van der Waals surface area contributed by atoms with Crippen molar-refractivity contribution in [3.8, 4) is 0 Å². The highest BCUT2D eigenvalue weighted by molar-refractivity contribution is 7.10. The Morgan fingerprint density at radius 1 is 1.10 bits per heavy atom. The number of rotatable bonds is 5. The molecule has 4 nitrogen and oxygen atoms in total. The average Bonchev–Trinajstić information content (AvgIpc) is 3.23. The molecule has 2 aromatic carbocycles. The van der Waals surface area contributed by atoms with Crippen LogP contribution in [-0.4, -0.2) is 23.3 Å². The summed E-state index contributed by atoms with van der Waals surface area (Å²) in [5.41, 5.74) is 4.57. The maximum atomic E-state index is 13.2. The molecular weight excluding hydrogens is 392 g/mol. The van der Waals surface area contributed by atoms with Gasteiger partial charge >= 0.3 is 0 Å². The third-order valence-corrected chi connectivity index (χ3v) is 6.82. The highest BCUT2D eigenvalue weighted by Crippen LogP contribution is 2.27. The standard InChI is InChI=1S/C25H26N2O2S/c1-17(19-7-4-3-5-8-19)15-24(28)26-22-10-6-9-21(18(22)2)25(29)27-13-11-23-20(16-27)12-14-30-23/h3-10,12,14,17H,11,13,15-16H2,1-2H3,(H,26,28). The predicted molar refractivity (Wildman–Crippen MR) is 122 cm³/mol. The first-order chi connectivity index (χ1) is 14.5. The van der Waals surface area contributed by atoms with E-state index in [0.717, 1.165) is 24.1 Å². The predicted octanol–water partition coefficient (Wildman–Crippen LogP) is 5.39. The number of carbonyl (C=O) groups excluding carboxylic acids is 2. The molecule has 2 heterocycles. The van der Waals surface area contributed by atoms with E-state index in [-0.39, 0.29) is 17.7 Å². The third-order valence-electron chi connectivity index (χ3n) is 5.79. The van der Waals surface area contributed by atoms with Crippen LogP contribution in [0, 0.1) is 6.92 Å². The number of hydrogen-bond acceptors (Lipinski definition) is 3. The maximum Gasteiger partial charge on any atom is 0.254 e. The fraction of sp³-hybridized carbons (Fsp3) is 0.280. The Bertz CT molecular complexity index is 1060. The Morgan fingerprint density at radius 2 is 1.90 bits per heavy atom. The zero-order chi connectivity index (χ0) is 21.1. The Labute approximate surface area is 181 Å². The lowest BCUT2D eigenvalue weighted by atomic mass is 9.97. The van der Waals surface area contributed by atoms with E-state index in [1.165, 1.54) is 10.4 Å². The van der Waals surface area contributed by atoms with E-state index in [1.807, 2.05) is 60.4 Å². The normalized spacial score (nSPS) is 14.1. The van der Waals surface area contributed by atoms with Crippen LogP contribution in [0.25, 0.3) is 0 Å². The average molecular weight is 419 g/mol. The lowest BCUT2D eigenvalue weighted by Gasteiger charge is -2.28. The van der Waals surface area contributed by atoms with E-state index >= 15 is 0 Å². The van der Waals surface area contributed by atoms with Gasteiger partial charge < -0.3 is 10.2 Å². The van der Waals surface area contributed by atoms with E-state index in [9.17, 15) is 9.59 Å². The quantitative estimate of drug-likeness (QED) is 0.604. The first-order valence-electron chi connectivity index (χ1n) is 10.3. The molecule has 0 radical (unpaired) electrons. The van der Waals surface area contributed by atoms with Gasteiger partial charge in [0.05, 0.1) is 0 Å². The van der Waals surface area contributed by atoms with Crippen molar-refractivity contribution in [3.63, 3.8) is 0 Å². The van der Waals surface area contributed by atoms with Gasteiger partial charge in [-0.1, -0.05) is 43.3 Å². The molecule has 154 valence electrons. The molecule has 0 aliphatic carbocycles. The summed E-state index contributed by atoms with van der Waals surface area (Å²) in [7, 11) is 0. The van der Waals surface area contributed by atoms with Gasteiger partial charge in [0.15, 0.2) is 0 Å². The van der Waals surface area contributed by atoms with Crippen LogP contribution in [0.1, 0.15) is 51.2 Å². The highest BCUT2D eigenvalue weighted by Gasteiger charge is 2.24. The lowest BCUT2D eigenvalue weighted by Crippen LogP contribution is -2.35. The lowest BCUT2D eigenvalue weighted by molar-refractivity contribution is -0.116. The summed E-state index contributed by atoms with van der Waals surface area (Å²) >= 11 is 1.76. The largest absolute Gasteiger partial charge is 0.334 e. The van der Waals surface area contributed by atoms with Crippen LogP contribution < -0.4 is 5.32 Å². The first kappa shape index (κ1) is 20.4. The fourth-order valence-electron chi connectivity index (χ4n) is 3.97. The number of amides is 2. The Hall–Kier alpha value is -2.92. The number of carbonyl (C=O) groups is 2. The number of benzene rings is 2. The Balaban J connectivity index is 1.45. The summed E-state index contributed by atoms with van der Waals surface area (Å²) in [5, 5.41) is 5.11. The van der Waals surface area contributed by atoms with Crippen LogP contribution in [0.5, 0.6) is 0 Å². The number of thiophene rings is 1. The minimum absolute atomic E-state index is 0.0260. The van der Waals surface area contributed by atoms with Gasteiger partial charge in [-0.25, -0.2) is 0 Å². The molecule has 0 bridgehead atoms. The molecule has 5 heteroatoms. The van der Waals surface area contributed by atoms with Gasteiger partial charge in [-0.15, -0.1) is 11.3 Å². The Morgan fingerprint density at radius 3 is 2.70 bits per heavy atom. The Kier molecular flexibility index (Phi) is 6.00. The zero-order valence-corrected chi connectivity index (χ0v) is 18.2. The summed E-state index contributed by atoms with van der Waals surface area (Å²) in [6.45, 7) is 5.35. The zero-order valence-electron chi connectivity index (χ0n) is 17.4. The van der Waals surface area contributed by atoms with E-state index in [1.54, 1.807) is 11.3 Å². The minimum Gasteiger partial charge on any atom is -0.334 e. The molecule has 1 atom stereocenters. The monoisotopic (exact) mass is 418 g/mol. The van der Waals surface area contributed by atoms with Crippen LogP contribution in [0.3, 0.4) is 0 Å². The van der Waals surface area contributed by atoms with Gasteiger partial charge in [-0.05, 0) is 59.5 Å². The van der Waals surface area contributed by atoms with Crippen molar-refractivity contribution in [2.45, 2.75) is 39.2 Å². The van der Waals surface area contributed by atoms with Crippen LogP contribution in [0.4, 0.5) is 5.69 Å². The van der Waals surface area contributed by atoms with Gasteiger partial charge in [-0.2, -0.15) is 0 Å². The smallest absolute Gasteiger partial charge is 0.254 e. The third kappa shape index (κ3) is 4.31. The second-order valence-electron chi connectivity index (χ2n) is 7.89. The molecule has 1 unspecified atom stereocenters. The second kappa shape index (κ2) is 8.84. The molecule has 0 spiro atoms. The fourth-order valence-corrected chi connectivity index (χ4v) is 4.86. The molecule has 3 aromatic rings. The van der Waals surface area contributed by atoms with Gasteiger partial charge in [0, 0.05) is 35.6 Å². The van der Waals surface area contributed by atoms with Crippen LogP contribution >= 0.6 is 11.3 Å². The molecule has 0 saturated heterocycles. The van der Waals surface area contributed by atoms with Crippen molar-refractivity contribution >= 4 is 28.8 Å². The summed E-state index contributed by atoms with van der Waals surface area (Å²) in [6.07, 6.45) is 1.31. The van der Waals surface area contributed by atoms with Crippen molar-refractivity contribution < 1.29 is 9.59 Å². The SMILES string of the molecule is Cc1c(NC(=O)CC(C)c2ccccc2)cccc1C(=O)N1CCc2sccc2C1. The summed E-state index contributed by atoms with van der Waals surface area (Å²) in [6, 6.07) is 17.7. The van der Waals surface area contributed by atoms with Crippen LogP contribution in [0.2, 0.25) is 0 Å². The van der Waals surface area contributed by atoms with Crippen LogP contribution in [-0.2, 0) is 17.8 Å². The number of hydrogen-bond donors (Lipinski definition) is 1. The molecule has 2 amide bonds. The van der Waals surface area contributed by atoms with Gasteiger partial charge in [-0.3, -0.25) is 9.59 Å². The van der Waals surface area contributed by atoms with Gasteiger partial charge in [0.2, 0.25) is 5.91 Å². The maximum absolute atomic E-state index is 13.2. The molecule has 1 aliphatic heterocycles. The molecule has 0 saturated carbocycles. The van der Waals surface area contributed by atoms with E-state index < -0.39 is 0 Å². The topological polar surface area (TPSA) is 49.4 Å². The van der Waals surface area contributed by atoms with Gasteiger partial charge in [0.25, 0.3) is 5.91 Å². The highest BCUT2D eigenvalue weighted by atomic mass is 32.1. The molecule has 1 aliphatic rings. The van der Waals surface area contributed by atoms with Crippen molar-refractivity contribution in [3.05, 3.63) is 87.1 Å². The molecule has 4 rings (SSSR count). The van der Waals surface area contributed by atoms with E-state index in [0.29, 0.717) is 24.2 Å². The van der Waals surface area contributed by atoms with Crippen LogP contribution in [0.15, 0.2) is 60.0 Å².